The van der Waals surface area contributed by atoms with Gasteiger partial charge in [-0.25, -0.2) is 13.8 Å². The van der Waals surface area contributed by atoms with Gasteiger partial charge in [0.2, 0.25) is 0 Å². The molecule has 0 aliphatic heterocycles. The molecule has 84 valence electrons. The molecule has 1 rings (SSSR count). The van der Waals surface area contributed by atoms with Crippen molar-refractivity contribution in [3.8, 4) is 0 Å². The second-order valence-corrected chi connectivity index (χ2v) is 3.62. The van der Waals surface area contributed by atoms with E-state index in [9.17, 15) is 22.0 Å². The number of alkyl halides is 5. The zero-order valence-electron chi connectivity index (χ0n) is 6.95. The van der Waals surface area contributed by atoms with E-state index in [1.54, 1.807) is 0 Å². The Balaban J connectivity index is 3.32. The maximum atomic E-state index is 12.3. The van der Waals surface area contributed by atoms with Crippen LogP contribution in [0.25, 0.3) is 0 Å². The van der Waals surface area contributed by atoms with Crippen molar-refractivity contribution in [3.05, 3.63) is 21.0 Å². The predicted octanol–water partition coefficient (Wildman–Crippen LogP) is 3.22. The summed E-state index contributed by atoms with van der Waals surface area (Å²) in [4.78, 5) is 3.03. The smallest absolute Gasteiger partial charge is 0.398 e. The van der Waals surface area contributed by atoms with Crippen LogP contribution < -0.4 is 5.73 Å². The van der Waals surface area contributed by atoms with Crippen LogP contribution in [0, 0.1) is 3.70 Å². The lowest BCUT2D eigenvalue weighted by Gasteiger charge is -2.11. The number of nitrogen functional groups attached to an aromatic ring is 1. The summed E-state index contributed by atoms with van der Waals surface area (Å²) in [6.07, 6.45) is -7.62. The molecule has 0 aromatic carbocycles. The first-order chi connectivity index (χ1) is 6.73. The van der Waals surface area contributed by atoms with Crippen molar-refractivity contribution in [3.63, 3.8) is 0 Å². The van der Waals surface area contributed by atoms with E-state index in [0.29, 0.717) is 6.07 Å². The van der Waals surface area contributed by atoms with Gasteiger partial charge in [-0.15, -0.1) is 0 Å². The largest absolute Gasteiger partial charge is 0.433 e. The van der Waals surface area contributed by atoms with Crippen molar-refractivity contribution >= 4 is 28.3 Å². The van der Waals surface area contributed by atoms with Gasteiger partial charge in [0.15, 0.2) is 0 Å². The fraction of sp³-hybridized carbons (Fsp3) is 0.286. The highest BCUT2D eigenvalue weighted by Gasteiger charge is 2.34. The van der Waals surface area contributed by atoms with E-state index in [1.807, 2.05) is 0 Å². The van der Waals surface area contributed by atoms with Gasteiger partial charge < -0.3 is 5.73 Å². The number of halogens is 6. The second kappa shape index (κ2) is 4.06. The molecule has 15 heavy (non-hydrogen) atoms. The van der Waals surface area contributed by atoms with Crippen LogP contribution in [0.5, 0.6) is 0 Å². The molecule has 8 heteroatoms. The number of hydrogen-bond donors (Lipinski definition) is 1. The summed E-state index contributed by atoms with van der Waals surface area (Å²) >= 11 is 1.30. The minimum atomic E-state index is -4.69. The average Bonchev–Trinajstić information content (AvgIpc) is 1.99. The molecule has 0 radical (unpaired) electrons. The Morgan fingerprint density at radius 3 is 2.20 bits per heavy atom. The zero-order valence-corrected chi connectivity index (χ0v) is 9.10. The maximum absolute atomic E-state index is 12.3. The molecule has 1 aromatic heterocycles. The fourth-order valence-electron chi connectivity index (χ4n) is 0.904. The summed E-state index contributed by atoms with van der Waals surface area (Å²) in [6, 6.07) is 0.406. The summed E-state index contributed by atoms with van der Waals surface area (Å²) in [5.74, 6) is 0. The molecule has 0 spiro atoms. The lowest BCUT2D eigenvalue weighted by molar-refractivity contribution is -0.141. The Labute approximate surface area is 94.8 Å². The Kier molecular flexibility index (Phi) is 3.36. The van der Waals surface area contributed by atoms with Gasteiger partial charge in [0.1, 0.15) is 9.39 Å². The molecule has 0 atom stereocenters. The lowest BCUT2D eigenvalue weighted by atomic mass is 10.2. The van der Waals surface area contributed by atoms with E-state index in [4.69, 9.17) is 5.73 Å². The summed E-state index contributed by atoms with van der Waals surface area (Å²) in [7, 11) is 0. The first kappa shape index (κ1) is 12.4. The average molecular weight is 338 g/mol. The molecule has 0 saturated carbocycles. The number of anilines is 1. The number of nitrogens with zero attached hydrogens (tertiary/aromatic N) is 1. The van der Waals surface area contributed by atoms with Gasteiger partial charge in [-0.3, -0.25) is 0 Å². The van der Waals surface area contributed by atoms with Crippen molar-refractivity contribution in [2.75, 3.05) is 5.73 Å². The Bertz CT molecular complexity index is 353. The summed E-state index contributed by atoms with van der Waals surface area (Å²) in [5.41, 5.74) is 2.56. The summed E-state index contributed by atoms with van der Waals surface area (Å²) < 4.78 is 60.7. The maximum Gasteiger partial charge on any atom is 0.433 e. The van der Waals surface area contributed by atoms with Crippen LogP contribution >= 0.6 is 22.6 Å². The topological polar surface area (TPSA) is 38.9 Å². The van der Waals surface area contributed by atoms with Crippen LogP contribution in [0.1, 0.15) is 17.7 Å². The monoisotopic (exact) mass is 338 g/mol. The number of pyridine rings is 1. The second-order valence-electron chi connectivity index (χ2n) is 2.60. The fourth-order valence-corrected chi connectivity index (χ4v) is 1.71. The normalized spacial score (nSPS) is 12.2. The van der Waals surface area contributed by atoms with Gasteiger partial charge in [-0.2, -0.15) is 13.2 Å². The van der Waals surface area contributed by atoms with E-state index < -0.39 is 33.2 Å². The van der Waals surface area contributed by atoms with Crippen LogP contribution in [0.2, 0.25) is 0 Å². The molecule has 0 bridgehead atoms. The van der Waals surface area contributed by atoms with Gasteiger partial charge in [-0.05, 0) is 28.7 Å². The van der Waals surface area contributed by atoms with Crippen molar-refractivity contribution in [2.45, 2.75) is 12.6 Å². The molecular formula is C7H4F5IN2. The molecule has 0 aliphatic rings. The van der Waals surface area contributed by atoms with Gasteiger partial charge in [-0.1, -0.05) is 0 Å². The highest BCUT2D eigenvalue weighted by atomic mass is 127. The first-order valence-corrected chi connectivity index (χ1v) is 4.62. The molecule has 0 fully saturated rings. The first-order valence-electron chi connectivity index (χ1n) is 3.54. The van der Waals surface area contributed by atoms with E-state index in [1.165, 1.54) is 22.6 Å². The van der Waals surface area contributed by atoms with Crippen molar-refractivity contribution < 1.29 is 22.0 Å². The van der Waals surface area contributed by atoms with E-state index in [-0.39, 0.29) is 0 Å². The van der Waals surface area contributed by atoms with Gasteiger partial charge in [0.05, 0.1) is 5.56 Å². The third-order valence-corrected chi connectivity index (χ3v) is 2.38. The quantitative estimate of drug-likeness (QED) is 0.485. The van der Waals surface area contributed by atoms with Crippen LogP contribution in [-0.2, 0) is 6.18 Å². The van der Waals surface area contributed by atoms with Gasteiger partial charge >= 0.3 is 6.18 Å². The minimum absolute atomic E-state index is 0.406. The van der Waals surface area contributed by atoms with Crippen LogP contribution in [-0.4, -0.2) is 4.98 Å². The molecule has 0 aliphatic carbocycles. The molecule has 0 saturated heterocycles. The van der Waals surface area contributed by atoms with Gasteiger partial charge in [0, 0.05) is 5.69 Å². The third kappa shape index (κ3) is 2.67. The van der Waals surface area contributed by atoms with E-state index in [2.05, 4.69) is 4.98 Å². The standard InChI is InChI=1S/C7H4F5IN2/c8-5(9)4-2(14)1-3(7(10,11)12)15-6(4)13/h1,5H,(H2,14,15). The molecule has 2 nitrogen and oxygen atoms in total. The highest BCUT2D eigenvalue weighted by molar-refractivity contribution is 14.1. The molecule has 0 unspecified atom stereocenters. The van der Waals surface area contributed by atoms with Crippen LogP contribution in [0.4, 0.5) is 27.6 Å². The molecule has 1 heterocycles. The van der Waals surface area contributed by atoms with Crippen molar-refractivity contribution in [2.24, 2.45) is 0 Å². The number of nitrogens with two attached hydrogens (primary N) is 1. The Morgan fingerprint density at radius 1 is 1.33 bits per heavy atom. The molecule has 1 aromatic rings. The minimum Gasteiger partial charge on any atom is -0.398 e. The van der Waals surface area contributed by atoms with Crippen LogP contribution in [0.3, 0.4) is 0 Å². The Hall–Kier alpha value is -0.670. The van der Waals surface area contributed by atoms with E-state index >= 15 is 0 Å². The summed E-state index contributed by atoms with van der Waals surface area (Å²) in [6.45, 7) is 0. The number of rotatable bonds is 1. The molecular weight excluding hydrogens is 334 g/mol. The molecule has 0 amide bonds. The number of hydrogen-bond acceptors (Lipinski definition) is 2. The van der Waals surface area contributed by atoms with Crippen molar-refractivity contribution in [1.82, 2.24) is 4.98 Å². The zero-order chi connectivity index (χ0) is 11.8. The number of aromatic nitrogens is 1. The molecule has 2 N–H and O–H groups in total. The Morgan fingerprint density at radius 2 is 1.87 bits per heavy atom. The third-order valence-electron chi connectivity index (χ3n) is 1.55. The van der Waals surface area contributed by atoms with Crippen LogP contribution in [0.15, 0.2) is 6.07 Å². The van der Waals surface area contributed by atoms with Crippen molar-refractivity contribution in [1.29, 1.82) is 0 Å². The SMILES string of the molecule is Nc1cc(C(F)(F)F)nc(I)c1C(F)F. The predicted molar refractivity (Wildman–Crippen MR) is 51.3 cm³/mol. The lowest BCUT2D eigenvalue weighted by Crippen LogP contribution is -2.12. The summed E-state index contributed by atoms with van der Waals surface area (Å²) in [5, 5.41) is 0. The van der Waals surface area contributed by atoms with Gasteiger partial charge in [0.25, 0.3) is 6.43 Å². The highest BCUT2D eigenvalue weighted by Crippen LogP contribution is 2.34. The van der Waals surface area contributed by atoms with E-state index in [0.717, 1.165) is 0 Å².